The molecule has 0 spiro atoms. The number of hydrogen-bond donors (Lipinski definition) is 0. The van der Waals surface area contributed by atoms with Gasteiger partial charge in [-0.2, -0.15) is 0 Å². The van der Waals surface area contributed by atoms with Crippen LogP contribution in [0.5, 0.6) is 0 Å². The number of hydrogen-bond acceptors (Lipinski definition) is 4. The fourth-order valence-electron chi connectivity index (χ4n) is 4.39. The molecule has 6 rings (SSSR count). The van der Waals surface area contributed by atoms with Crippen LogP contribution in [-0.2, 0) is 5.41 Å². The van der Waals surface area contributed by atoms with Crippen molar-refractivity contribution in [1.82, 2.24) is 4.98 Å². The van der Waals surface area contributed by atoms with Crippen molar-refractivity contribution in [2.24, 2.45) is 0 Å². The van der Waals surface area contributed by atoms with Gasteiger partial charge in [0.15, 0.2) is 0 Å². The second-order valence-electron chi connectivity index (χ2n) is 8.99. The van der Waals surface area contributed by atoms with Gasteiger partial charge in [-0.1, -0.05) is 26.8 Å². The maximum atomic E-state index is 4.89. The standard InChI is InChI=1S/C26H21NS3/c1-14-13-29-24-17(14)5-6-20-21(24)18-7-9-27-22(25(18)30-20)16-11-15-8-10-28-23(15)19(12-16)26(2,3)4/h5-13H,1-4H3. The number of aryl methyl sites for hydroxylation is 1. The van der Waals surface area contributed by atoms with E-state index < -0.39 is 0 Å². The summed E-state index contributed by atoms with van der Waals surface area (Å²) in [6.45, 7) is 9.11. The first-order valence-electron chi connectivity index (χ1n) is 10.1. The molecule has 4 heterocycles. The minimum absolute atomic E-state index is 0.0911. The molecule has 6 aromatic rings. The van der Waals surface area contributed by atoms with E-state index in [2.05, 4.69) is 74.9 Å². The fraction of sp³-hybridized carbons (Fsp3) is 0.192. The van der Waals surface area contributed by atoms with Gasteiger partial charge in [0.05, 0.1) is 10.4 Å². The topological polar surface area (TPSA) is 12.9 Å². The van der Waals surface area contributed by atoms with Gasteiger partial charge in [-0.25, -0.2) is 0 Å². The lowest BCUT2D eigenvalue weighted by atomic mass is 9.85. The van der Waals surface area contributed by atoms with Gasteiger partial charge in [-0.05, 0) is 75.3 Å². The third kappa shape index (κ3) is 2.60. The third-order valence-corrected chi connectivity index (χ3v) is 9.19. The summed E-state index contributed by atoms with van der Waals surface area (Å²) in [4.78, 5) is 4.89. The summed E-state index contributed by atoms with van der Waals surface area (Å²) in [6, 6.07) is 13.7. The summed E-state index contributed by atoms with van der Waals surface area (Å²) in [7, 11) is 0. The maximum Gasteiger partial charge on any atom is 0.0880 e. The number of pyridine rings is 1. The first-order chi connectivity index (χ1) is 14.4. The van der Waals surface area contributed by atoms with Crippen molar-refractivity contribution >= 4 is 74.4 Å². The Balaban J connectivity index is 1.71. The van der Waals surface area contributed by atoms with Gasteiger partial charge >= 0.3 is 0 Å². The average molecular weight is 444 g/mol. The normalized spacial score (nSPS) is 12.7. The first kappa shape index (κ1) is 18.5. The fourth-order valence-corrected chi connectivity index (χ4v) is 7.89. The molecular formula is C26H21NS3. The van der Waals surface area contributed by atoms with Crippen molar-refractivity contribution in [2.45, 2.75) is 33.1 Å². The molecule has 0 saturated carbocycles. The lowest BCUT2D eigenvalue weighted by molar-refractivity contribution is 0.597. The lowest BCUT2D eigenvalue weighted by Crippen LogP contribution is -2.11. The van der Waals surface area contributed by atoms with Gasteiger partial charge < -0.3 is 0 Å². The van der Waals surface area contributed by atoms with Crippen LogP contribution in [0, 0.1) is 6.92 Å². The number of thiophene rings is 3. The molecule has 0 radical (unpaired) electrons. The predicted octanol–water partition coefficient (Wildman–Crippen LogP) is 9.15. The SMILES string of the molecule is Cc1csc2c1ccc1sc3c(-c4cc(C(C)(C)C)c5sccc5c4)nccc3c12. The molecule has 0 unspecified atom stereocenters. The second-order valence-corrected chi connectivity index (χ2v) is 11.8. The molecule has 0 N–H and O–H groups in total. The van der Waals surface area contributed by atoms with E-state index in [9.17, 15) is 0 Å². The van der Waals surface area contributed by atoms with Crippen LogP contribution >= 0.6 is 34.0 Å². The monoisotopic (exact) mass is 443 g/mol. The van der Waals surface area contributed by atoms with E-state index in [1.54, 1.807) is 0 Å². The van der Waals surface area contributed by atoms with Gasteiger partial charge in [0, 0.05) is 36.6 Å². The largest absolute Gasteiger partial charge is 0.255 e. The minimum Gasteiger partial charge on any atom is -0.255 e. The number of nitrogens with zero attached hydrogens (tertiary/aromatic N) is 1. The zero-order valence-electron chi connectivity index (χ0n) is 17.4. The molecule has 148 valence electrons. The average Bonchev–Trinajstić information content (AvgIpc) is 3.42. The number of aromatic nitrogens is 1. The Kier molecular flexibility index (Phi) is 3.92. The van der Waals surface area contributed by atoms with Crippen molar-refractivity contribution in [3.63, 3.8) is 0 Å². The molecule has 2 aromatic carbocycles. The van der Waals surface area contributed by atoms with E-state index in [1.807, 2.05) is 40.2 Å². The molecular weight excluding hydrogens is 422 g/mol. The minimum atomic E-state index is 0.0911. The molecule has 0 amide bonds. The van der Waals surface area contributed by atoms with Crippen molar-refractivity contribution < 1.29 is 0 Å². The Hall–Kier alpha value is -2.27. The van der Waals surface area contributed by atoms with E-state index in [4.69, 9.17) is 4.98 Å². The Bertz CT molecular complexity index is 1590. The maximum absolute atomic E-state index is 4.89. The molecule has 0 aliphatic rings. The Labute approximate surface area is 187 Å². The van der Waals surface area contributed by atoms with Crippen LogP contribution in [0.3, 0.4) is 0 Å². The zero-order chi connectivity index (χ0) is 20.6. The Morgan fingerprint density at radius 2 is 1.73 bits per heavy atom. The third-order valence-electron chi connectivity index (χ3n) is 5.92. The van der Waals surface area contributed by atoms with Crippen LogP contribution in [-0.4, -0.2) is 4.98 Å². The van der Waals surface area contributed by atoms with Crippen molar-refractivity contribution in [3.05, 3.63) is 64.5 Å². The molecule has 0 fully saturated rings. The highest BCUT2D eigenvalue weighted by molar-refractivity contribution is 7.27. The highest BCUT2D eigenvalue weighted by atomic mass is 32.1. The smallest absolute Gasteiger partial charge is 0.0880 e. The molecule has 4 aromatic heterocycles. The van der Waals surface area contributed by atoms with E-state index in [0.717, 1.165) is 5.69 Å². The highest BCUT2D eigenvalue weighted by Gasteiger charge is 2.21. The van der Waals surface area contributed by atoms with Crippen LogP contribution < -0.4 is 0 Å². The predicted molar refractivity (Wildman–Crippen MR) is 137 cm³/mol. The van der Waals surface area contributed by atoms with E-state index in [1.165, 1.54) is 57.0 Å². The van der Waals surface area contributed by atoms with Crippen LogP contribution in [0.4, 0.5) is 0 Å². The van der Waals surface area contributed by atoms with E-state index in [0.29, 0.717) is 0 Å². The Morgan fingerprint density at radius 1 is 0.867 bits per heavy atom. The van der Waals surface area contributed by atoms with Gasteiger partial charge in [-0.15, -0.1) is 34.0 Å². The summed E-state index contributed by atoms with van der Waals surface area (Å²) in [5, 5.41) is 9.89. The summed E-state index contributed by atoms with van der Waals surface area (Å²) in [5.74, 6) is 0. The first-order valence-corrected chi connectivity index (χ1v) is 12.7. The van der Waals surface area contributed by atoms with Gasteiger partial charge in [0.25, 0.3) is 0 Å². The zero-order valence-corrected chi connectivity index (χ0v) is 19.8. The number of benzene rings is 2. The number of fused-ring (bicyclic) bond motifs is 6. The van der Waals surface area contributed by atoms with Crippen LogP contribution in [0.25, 0.3) is 51.6 Å². The van der Waals surface area contributed by atoms with Crippen LogP contribution in [0.1, 0.15) is 31.9 Å². The summed E-state index contributed by atoms with van der Waals surface area (Å²) in [5.41, 5.74) is 5.19. The van der Waals surface area contributed by atoms with E-state index >= 15 is 0 Å². The number of rotatable bonds is 1. The van der Waals surface area contributed by atoms with E-state index in [-0.39, 0.29) is 5.41 Å². The van der Waals surface area contributed by atoms with Gasteiger partial charge in [-0.3, -0.25) is 4.98 Å². The summed E-state index contributed by atoms with van der Waals surface area (Å²) >= 11 is 5.58. The molecule has 0 aliphatic heterocycles. The molecule has 30 heavy (non-hydrogen) atoms. The molecule has 0 bridgehead atoms. The molecule has 0 aliphatic carbocycles. The van der Waals surface area contributed by atoms with Gasteiger partial charge in [0.2, 0.25) is 0 Å². The second kappa shape index (κ2) is 6.36. The van der Waals surface area contributed by atoms with Crippen molar-refractivity contribution in [2.75, 3.05) is 0 Å². The highest BCUT2D eigenvalue weighted by Crippen LogP contribution is 2.45. The molecule has 0 atom stereocenters. The quantitative estimate of drug-likeness (QED) is 0.247. The Morgan fingerprint density at radius 3 is 2.57 bits per heavy atom. The molecule has 0 saturated heterocycles. The van der Waals surface area contributed by atoms with Crippen molar-refractivity contribution in [3.8, 4) is 11.3 Å². The molecule has 1 nitrogen and oxygen atoms in total. The van der Waals surface area contributed by atoms with Crippen LogP contribution in [0.2, 0.25) is 0 Å². The van der Waals surface area contributed by atoms with Crippen molar-refractivity contribution in [1.29, 1.82) is 0 Å². The summed E-state index contributed by atoms with van der Waals surface area (Å²) in [6.07, 6.45) is 1.98. The summed E-state index contributed by atoms with van der Waals surface area (Å²) < 4.78 is 5.43. The molecule has 4 heteroatoms. The lowest BCUT2D eigenvalue weighted by Gasteiger charge is -2.21. The van der Waals surface area contributed by atoms with Crippen LogP contribution in [0.15, 0.2) is 53.4 Å². The van der Waals surface area contributed by atoms with Gasteiger partial charge in [0.1, 0.15) is 0 Å².